The average Bonchev–Trinajstić information content (AvgIpc) is 3.25. The predicted octanol–water partition coefficient (Wildman–Crippen LogP) is 2.06. The van der Waals surface area contributed by atoms with Crippen LogP contribution in [-0.2, 0) is 22.5 Å². The second kappa shape index (κ2) is 7.55. The molecule has 0 bridgehead atoms. The monoisotopic (exact) mass is 380 g/mol. The first-order valence-corrected chi connectivity index (χ1v) is 9.37. The minimum absolute atomic E-state index is 0.0632. The number of nitrogens with one attached hydrogen (secondary N) is 1. The highest BCUT2D eigenvalue weighted by molar-refractivity contribution is 5.83. The molecule has 2 aromatic heterocycles. The van der Waals surface area contributed by atoms with E-state index in [4.69, 9.17) is 4.74 Å². The third kappa shape index (κ3) is 3.20. The van der Waals surface area contributed by atoms with Crippen molar-refractivity contribution in [1.29, 1.82) is 0 Å². The Labute approximate surface area is 163 Å². The predicted molar refractivity (Wildman–Crippen MR) is 104 cm³/mol. The molecular weight excluding hydrogens is 356 g/mol. The van der Waals surface area contributed by atoms with Crippen molar-refractivity contribution in [2.45, 2.75) is 32.9 Å². The maximum absolute atomic E-state index is 13.4. The molecule has 1 atom stereocenters. The van der Waals surface area contributed by atoms with Crippen molar-refractivity contribution in [3.05, 3.63) is 53.1 Å². The summed E-state index contributed by atoms with van der Waals surface area (Å²) >= 11 is 0. The van der Waals surface area contributed by atoms with Crippen molar-refractivity contribution in [1.82, 2.24) is 29.9 Å². The smallest absolute Gasteiger partial charge is 0.246 e. The van der Waals surface area contributed by atoms with Gasteiger partial charge in [-0.25, -0.2) is 0 Å². The molecule has 1 aromatic carbocycles. The van der Waals surface area contributed by atoms with Gasteiger partial charge in [-0.3, -0.25) is 14.5 Å². The van der Waals surface area contributed by atoms with Crippen LogP contribution in [0.3, 0.4) is 0 Å². The minimum Gasteiger partial charge on any atom is -0.383 e. The number of methoxy groups -OCH3 is 1. The zero-order valence-electron chi connectivity index (χ0n) is 16.3. The molecule has 0 saturated heterocycles. The maximum Gasteiger partial charge on any atom is 0.246 e. The molecule has 8 nitrogen and oxygen atoms in total. The van der Waals surface area contributed by atoms with Crippen LogP contribution in [0.1, 0.15) is 28.8 Å². The van der Waals surface area contributed by atoms with Crippen LogP contribution in [0.15, 0.2) is 30.3 Å². The number of carbonyl (C=O) groups excluding carboxylic acids is 1. The van der Waals surface area contributed by atoms with E-state index in [0.29, 0.717) is 31.9 Å². The molecule has 8 heteroatoms. The Morgan fingerprint density at radius 3 is 2.68 bits per heavy atom. The SMILES string of the molecule is COCCN1Cc2nnc(-c3c(C)n[nH]c3C)n2[C@H](Cc2ccccc2)C1=O. The van der Waals surface area contributed by atoms with Crippen molar-refractivity contribution in [2.24, 2.45) is 0 Å². The molecule has 0 radical (unpaired) electrons. The quantitative estimate of drug-likeness (QED) is 0.707. The van der Waals surface area contributed by atoms with Gasteiger partial charge in [0.05, 0.1) is 24.4 Å². The van der Waals surface area contributed by atoms with E-state index in [1.165, 1.54) is 0 Å². The Bertz CT molecular complexity index is 959. The first kappa shape index (κ1) is 18.4. The second-order valence-corrected chi connectivity index (χ2v) is 7.08. The van der Waals surface area contributed by atoms with Crippen LogP contribution in [-0.4, -0.2) is 56.0 Å². The third-order valence-electron chi connectivity index (χ3n) is 5.20. The van der Waals surface area contributed by atoms with Gasteiger partial charge in [-0.05, 0) is 19.4 Å². The van der Waals surface area contributed by atoms with E-state index in [9.17, 15) is 4.79 Å². The number of nitrogens with zero attached hydrogens (tertiary/aromatic N) is 5. The summed E-state index contributed by atoms with van der Waals surface area (Å²) in [7, 11) is 1.64. The minimum atomic E-state index is -0.401. The van der Waals surface area contributed by atoms with Gasteiger partial charge >= 0.3 is 0 Å². The van der Waals surface area contributed by atoms with Crippen LogP contribution in [0, 0.1) is 13.8 Å². The van der Waals surface area contributed by atoms with Gasteiger partial charge in [0.15, 0.2) is 11.6 Å². The molecule has 0 fully saturated rings. The highest BCUT2D eigenvalue weighted by Gasteiger charge is 2.37. The molecule has 4 rings (SSSR count). The summed E-state index contributed by atoms with van der Waals surface area (Å²) in [5.41, 5.74) is 3.77. The second-order valence-electron chi connectivity index (χ2n) is 7.08. The first-order valence-electron chi connectivity index (χ1n) is 9.37. The molecule has 146 valence electrons. The van der Waals surface area contributed by atoms with Crippen LogP contribution < -0.4 is 0 Å². The summed E-state index contributed by atoms with van der Waals surface area (Å²) in [6.07, 6.45) is 0.580. The van der Waals surface area contributed by atoms with Gasteiger partial charge in [-0.2, -0.15) is 5.10 Å². The number of H-pyrrole nitrogens is 1. The van der Waals surface area contributed by atoms with Gasteiger partial charge in [-0.15, -0.1) is 10.2 Å². The van der Waals surface area contributed by atoms with Crippen LogP contribution in [0.5, 0.6) is 0 Å². The van der Waals surface area contributed by atoms with E-state index in [1.807, 2.05) is 48.7 Å². The molecule has 1 amide bonds. The zero-order valence-corrected chi connectivity index (χ0v) is 16.3. The normalized spacial score (nSPS) is 16.5. The standard InChI is InChI=1S/C20H24N6O2/c1-13-18(14(2)22-21-13)19-24-23-17-12-25(9-10-28-3)20(27)16(26(17)19)11-15-7-5-4-6-8-15/h4-8,16H,9-12H2,1-3H3,(H,21,22)/t16-/m1/s1. The number of ether oxygens (including phenoxy) is 1. The number of carbonyl (C=O) groups is 1. The molecule has 0 saturated carbocycles. The lowest BCUT2D eigenvalue weighted by molar-refractivity contribution is -0.138. The highest BCUT2D eigenvalue weighted by atomic mass is 16.5. The van der Waals surface area contributed by atoms with Gasteiger partial charge in [0.1, 0.15) is 6.04 Å². The number of aromatic amines is 1. The number of fused-ring (bicyclic) bond motifs is 1. The van der Waals surface area contributed by atoms with Gasteiger partial charge in [-0.1, -0.05) is 30.3 Å². The molecule has 0 unspecified atom stereocenters. The number of amides is 1. The summed E-state index contributed by atoms with van der Waals surface area (Å²) in [6.45, 7) is 5.34. The van der Waals surface area contributed by atoms with E-state index in [1.54, 1.807) is 12.0 Å². The van der Waals surface area contributed by atoms with Crippen molar-refractivity contribution >= 4 is 5.91 Å². The summed E-state index contributed by atoms with van der Waals surface area (Å²) in [4.78, 5) is 15.2. The molecule has 1 aliphatic rings. The van der Waals surface area contributed by atoms with Gasteiger partial charge in [0.25, 0.3) is 0 Å². The topological polar surface area (TPSA) is 88.9 Å². The Hall–Kier alpha value is -3.00. The lowest BCUT2D eigenvalue weighted by atomic mass is 10.0. The van der Waals surface area contributed by atoms with Crippen LogP contribution in [0.2, 0.25) is 0 Å². The molecule has 0 spiro atoms. The average molecular weight is 380 g/mol. The lowest BCUT2D eigenvalue weighted by Crippen LogP contribution is -2.45. The molecule has 3 heterocycles. The number of hydrogen-bond acceptors (Lipinski definition) is 5. The number of aryl methyl sites for hydroxylation is 2. The Morgan fingerprint density at radius 2 is 2.00 bits per heavy atom. The molecular formula is C20H24N6O2. The highest BCUT2D eigenvalue weighted by Crippen LogP contribution is 2.32. The molecule has 28 heavy (non-hydrogen) atoms. The number of benzene rings is 1. The van der Waals surface area contributed by atoms with E-state index in [2.05, 4.69) is 20.4 Å². The van der Waals surface area contributed by atoms with Crippen molar-refractivity contribution in [3.63, 3.8) is 0 Å². The van der Waals surface area contributed by atoms with Crippen molar-refractivity contribution < 1.29 is 9.53 Å². The fraction of sp³-hybridized carbons (Fsp3) is 0.400. The van der Waals surface area contributed by atoms with Gasteiger partial charge in [0, 0.05) is 25.8 Å². The van der Waals surface area contributed by atoms with Crippen LogP contribution in [0.4, 0.5) is 0 Å². The van der Waals surface area contributed by atoms with E-state index < -0.39 is 6.04 Å². The first-order chi connectivity index (χ1) is 13.6. The van der Waals surface area contributed by atoms with E-state index in [0.717, 1.165) is 28.3 Å². The maximum atomic E-state index is 13.4. The van der Waals surface area contributed by atoms with Crippen LogP contribution >= 0.6 is 0 Å². The number of rotatable bonds is 6. The summed E-state index contributed by atoms with van der Waals surface area (Å²) in [6, 6.07) is 9.64. The van der Waals surface area contributed by atoms with Crippen LogP contribution in [0.25, 0.3) is 11.4 Å². The fourth-order valence-electron chi connectivity index (χ4n) is 3.79. The largest absolute Gasteiger partial charge is 0.383 e. The number of aromatic nitrogens is 5. The molecule has 0 aliphatic carbocycles. The Kier molecular flexibility index (Phi) is 4.95. The molecule has 1 N–H and O–H groups in total. The fourth-order valence-corrected chi connectivity index (χ4v) is 3.79. The lowest BCUT2D eigenvalue weighted by Gasteiger charge is -2.34. The molecule has 3 aromatic rings. The van der Waals surface area contributed by atoms with E-state index >= 15 is 0 Å². The van der Waals surface area contributed by atoms with Crippen molar-refractivity contribution in [2.75, 3.05) is 20.3 Å². The van der Waals surface area contributed by atoms with Crippen molar-refractivity contribution in [3.8, 4) is 11.4 Å². The zero-order chi connectivity index (χ0) is 19.7. The summed E-state index contributed by atoms with van der Waals surface area (Å²) in [5, 5.41) is 16.1. The summed E-state index contributed by atoms with van der Waals surface area (Å²) < 4.78 is 7.17. The Balaban J connectivity index is 1.79. The van der Waals surface area contributed by atoms with Gasteiger partial charge in [0.2, 0.25) is 5.91 Å². The number of hydrogen-bond donors (Lipinski definition) is 1. The summed E-state index contributed by atoms with van der Waals surface area (Å²) in [5.74, 6) is 1.54. The van der Waals surface area contributed by atoms with Gasteiger partial charge < -0.3 is 9.64 Å². The molecule has 1 aliphatic heterocycles. The van der Waals surface area contributed by atoms with E-state index in [-0.39, 0.29) is 5.91 Å². The Morgan fingerprint density at radius 1 is 1.21 bits per heavy atom. The third-order valence-corrected chi connectivity index (χ3v) is 5.20.